The summed E-state index contributed by atoms with van der Waals surface area (Å²) in [4.78, 5) is 31.5. The number of likely N-dealkylation sites (N-methyl/N-ethyl adjacent to an activating group) is 1. The summed E-state index contributed by atoms with van der Waals surface area (Å²) < 4.78 is 4.90. The summed E-state index contributed by atoms with van der Waals surface area (Å²) in [6.45, 7) is 3.75. The van der Waals surface area contributed by atoms with Crippen LogP contribution in [0.25, 0.3) is 0 Å². The summed E-state index contributed by atoms with van der Waals surface area (Å²) in [6.07, 6.45) is 3.36. The van der Waals surface area contributed by atoms with Gasteiger partial charge in [0.15, 0.2) is 0 Å². The van der Waals surface area contributed by atoms with E-state index < -0.39 is 0 Å². The van der Waals surface area contributed by atoms with Gasteiger partial charge in [0.05, 0.1) is 18.6 Å². The lowest BCUT2D eigenvalue weighted by atomic mass is 10.2. The molecule has 116 valence electrons. The van der Waals surface area contributed by atoms with Crippen molar-refractivity contribution in [2.75, 3.05) is 40.3 Å². The molecule has 0 atom stereocenters. The fourth-order valence-electron chi connectivity index (χ4n) is 1.77. The minimum atomic E-state index is -0.286. The monoisotopic (exact) mass is 293 g/mol. The number of aromatic nitrogens is 1. The van der Waals surface area contributed by atoms with Gasteiger partial charge >= 0.3 is 5.97 Å². The third kappa shape index (κ3) is 6.35. The van der Waals surface area contributed by atoms with Gasteiger partial charge in [0, 0.05) is 32.0 Å². The van der Waals surface area contributed by atoms with E-state index in [1.165, 1.54) is 6.20 Å². The topological polar surface area (TPSA) is 62.7 Å². The number of esters is 1. The molecule has 0 saturated carbocycles. The maximum absolute atomic E-state index is 12.4. The molecule has 0 fully saturated rings. The third-order valence-corrected chi connectivity index (χ3v) is 2.90. The first-order valence-corrected chi connectivity index (χ1v) is 7.04. The van der Waals surface area contributed by atoms with Crippen LogP contribution in [0.3, 0.4) is 0 Å². The average molecular weight is 293 g/mol. The number of carbonyl (C=O) groups excluding carboxylic acids is 2. The minimum absolute atomic E-state index is 0.116. The molecule has 0 saturated heterocycles. The van der Waals surface area contributed by atoms with Gasteiger partial charge in [-0.05, 0) is 33.2 Å². The first-order chi connectivity index (χ1) is 10.0. The molecule has 0 aliphatic carbocycles. The van der Waals surface area contributed by atoms with Crippen LogP contribution in [0.2, 0.25) is 0 Å². The van der Waals surface area contributed by atoms with Gasteiger partial charge in [-0.15, -0.1) is 0 Å². The molecule has 0 N–H and O–H groups in total. The molecule has 1 rings (SSSR count). The van der Waals surface area contributed by atoms with E-state index in [1.54, 1.807) is 30.2 Å². The number of hydrogen-bond acceptors (Lipinski definition) is 5. The van der Waals surface area contributed by atoms with Gasteiger partial charge in [-0.25, -0.2) is 0 Å². The van der Waals surface area contributed by atoms with Crippen LogP contribution >= 0.6 is 0 Å². The van der Waals surface area contributed by atoms with Crippen molar-refractivity contribution >= 4 is 11.9 Å². The lowest BCUT2D eigenvalue weighted by Gasteiger charge is -2.24. The molecule has 21 heavy (non-hydrogen) atoms. The molecule has 0 aliphatic rings. The van der Waals surface area contributed by atoms with Gasteiger partial charge in [-0.2, -0.15) is 0 Å². The molecule has 1 aromatic heterocycles. The van der Waals surface area contributed by atoms with Crippen molar-refractivity contribution in [1.29, 1.82) is 0 Å². The number of nitrogens with zero attached hydrogens (tertiary/aromatic N) is 3. The molecule has 1 amide bonds. The highest BCUT2D eigenvalue weighted by Gasteiger charge is 2.17. The zero-order valence-corrected chi connectivity index (χ0v) is 12.9. The Bertz CT molecular complexity index is 449. The molecular weight excluding hydrogens is 270 g/mol. The van der Waals surface area contributed by atoms with Crippen LogP contribution in [0.1, 0.15) is 23.7 Å². The Morgan fingerprint density at radius 3 is 2.57 bits per heavy atom. The zero-order valence-electron chi connectivity index (χ0n) is 12.9. The van der Waals surface area contributed by atoms with E-state index in [4.69, 9.17) is 4.74 Å². The Morgan fingerprint density at radius 2 is 2.00 bits per heavy atom. The van der Waals surface area contributed by atoms with E-state index in [0.717, 1.165) is 6.54 Å². The van der Waals surface area contributed by atoms with Gasteiger partial charge in [0.1, 0.15) is 0 Å². The van der Waals surface area contributed by atoms with E-state index in [2.05, 4.69) is 4.98 Å². The average Bonchev–Trinajstić information content (AvgIpc) is 2.47. The molecule has 0 radical (unpaired) electrons. The Morgan fingerprint density at radius 1 is 1.24 bits per heavy atom. The third-order valence-electron chi connectivity index (χ3n) is 2.90. The van der Waals surface area contributed by atoms with Crippen LogP contribution < -0.4 is 0 Å². The quantitative estimate of drug-likeness (QED) is 0.670. The Labute approximate surface area is 125 Å². The lowest BCUT2D eigenvalue weighted by molar-refractivity contribution is -0.143. The van der Waals surface area contributed by atoms with E-state index in [-0.39, 0.29) is 18.3 Å². The fourth-order valence-corrected chi connectivity index (χ4v) is 1.77. The summed E-state index contributed by atoms with van der Waals surface area (Å²) in [5.74, 6) is -0.402. The summed E-state index contributed by atoms with van der Waals surface area (Å²) in [7, 11) is 3.89. The highest BCUT2D eigenvalue weighted by atomic mass is 16.5. The first kappa shape index (κ1) is 17.1. The highest BCUT2D eigenvalue weighted by molar-refractivity contribution is 5.94. The van der Waals surface area contributed by atoms with Crippen molar-refractivity contribution in [2.24, 2.45) is 0 Å². The summed E-state index contributed by atoms with van der Waals surface area (Å²) in [5, 5.41) is 0. The Hall–Kier alpha value is -1.95. The second-order valence-corrected chi connectivity index (χ2v) is 4.89. The maximum Gasteiger partial charge on any atom is 0.307 e. The standard InChI is InChI=1S/C15H23N3O3/c1-4-21-14(19)7-9-18(11-10-17(2)3)15(20)13-6-5-8-16-12-13/h5-6,8,12H,4,7,9-11H2,1-3H3. The van der Waals surface area contributed by atoms with E-state index in [0.29, 0.717) is 25.3 Å². The first-order valence-electron chi connectivity index (χ1n) is 7.04. The van der Waals surface area contributed by atoms with Crippen molar-refractivity contribution in [3.8, 4) is 0 Å². The Kier molecular flexibility index (Phi) is 7.39. The molecule has 1 heterocycles. The van der Waals surface area contributed by atoms with Crippen LogP contribution in [-0.2, 0) is 9.53 Å². The molecule has 0 aliphatic heterocycles. The molecule has 6 heteroatoms. The van der Waals surface area contributed by atoms with Crippen LogP contribution in [0.5, 0.6) is 0 Å². The molecule has 0 aromatic carbocycles. The smallest absolute Gasteiger partial charge is 0.307 e. The largest absolute Gasteiger partial charge is 0.466 e. The SMILES string of the molecule is CCOC(=O)CCN(CCN(C)C)C(=O)c1cccnc1. The van der Waals surface area contributed by atoms with Gasteiger partial charge in [-0.1, -0.05) is 0 Å². The molecule has 1 aromatic rings. The minimum Gasteiger partial charge on any atom is -0.466 e. The van der Waals surface area contributed by atoms with Crippen LogP contribution in [-0.4, -0.2) is 67.0 Å². The summed E-state index contributed by atoms with van der Waals surface area (Å²) in [5.41, 5.74) is 0.528. The fraction of sp³-hybridized carbons (Fsp3) is 0.533. The lowest BCUT2D eigenvalue weighted by Crippen LogP contribution is -2.38. The van der Waals surface area contributed by atoms with E-state index >= 15 is 0 Å². The summed E-state index contributed by atoms with van der Waals surface area (Å²) in [6, 6.07) is 3.45. The normalized spacial score (nSPS) is 10.5. The molecule has 0 spiro atoms. The predicted octanol–water partition coefficient (Wildman–Crippen LogP) is 1.04. The van der Waals surface area contributed by atoms with E-state index in [9.17, 15) is 9.59 Å². The van der Waals surface area contributed by atoms with Gasteiger partial charge in [0.25, 0.3) is 5.91 Å². The van der Waals surface area contributed by atoms with Crippen LogP contribution in [0.15, 0.2) is 24.5 Å². The number of rotatable bonds is 8. The Balaban J connectivity index is 2.67. The number of amides is 1. The number of ether oxygens (including phenoxy) is 1. The van der Waals surface area contributed by atoms with E-state index in [1.807, 2.05) is 19.0 Å². The second kappa shape index (κ2) is 9.07. The zero-order chi connectivity index (χ0) is 15.7. The molecule has 6 nitrogen and oxygen atoms in total. The van der Waals surface area contributed by atoms with Gasteiger partial charge < -0.3 is 14.5 Å². The van der Waals surface area contributed by atoms with Crippen molar-refractivity contribution in [2.45, 2.75) is 13.3 Å². The molecule has 0 bridgehead atoms. The van der Waals surface area contributed by atoms with Crippen LogP contribution in [0.4, 0.5) is 0 Å². The number of carbonyl (C=O) groups is 2. The van der Waals surface area contributed by atoms with Gasteiger partial charge in [0.2, 0.25) is 0 Å². The predicted molar refractivity (Wildman–Crippen MR) is 79.9 cm³/mol. The van der Waals surface area contributed by atoms with Crippen molar-refractivity contribution in [3.63, 3.8) is 0 Å². The molecule has 0 unspecified atom stereocenters. The molecular formula is C15H23N3O3. The van der Waals surface area contributed by atoms with Crippen molar-refractivity contribution in [1.82, 2.24) is 14.8 Å². The van der Waals surface area contributed by atoms with Crippen LogP contribution in [0, 0.1) is 0 Å². The van der Waals surface area contributed by atoms with Crippen molar-refractivity contribution in [3.05, 3.63) is 30.1 Å². The summed E-state index contributed by atoms with van der Waals surface area (Å²) >= 11 is 0. The number of pyridine rings is 1. The maximum atomic E-state index is 12.4. The second-order valence-electron chi connectivity index (χ2n) is 4.89. The van der Waals surface area contributed by atoms with Crippen molar-refractivity contribution < 1.29 is 14.3 Å². The van der Waals surface area contributed by atoms with Gasteiger partial charge in [-0.3, -0.25) is 14.6 Å². The number of hydrogen-bond donors (Lipinski definition) is 0. The highest BCUT2D eigenvalue weighted by Crippen LogP contribution is 2.05.